The first-order valence-electron chi connectivity index (χ1n) is 5.24. The highest BCUT2D eigenvalue weighted by molar-refractivity contribution is 5.85. The Labute approximate surface area is 109 Å². The Morgan fingerprint density at radius 1 is 1.06 bits per heavy atom. The quantitative estimate of drug-likeness (QED) is 0.730. The summed E-state index contributed by atoms with van der Waals surface area (Å²) in [5.74, 6) is 0.543. The third-order valence-electron chi connectivity index (χ3n) is 2.55. The highest BCUT2D eigenvalue weighted by Gasteiger charge is 2.04. The van der Waals surface area contributed by atoms with Crippen molar-refractivity contribution in [1.29, 1.82) is 0 Å². The third kappa shape index (κ3) is 2.10. The molecule has 0 aliphatic carbocycles. The monoisotopic (exact) mass is 259 g/mol. The number of nitrogens with one attached hydrogen (secondary N) is 1. The van der Waals surface area contributed by atoms with E-state index < -0.39 is 0 Å². The van der Waals surface area contributed by atoms with Gasteiger partial charge >= 0.3 is 0 Å². The number of aromatic nitrogens is 3. The van der Waals surface area contributed by atoms with E-state index in [1.807, 2.05) is 30.3 Å². The number of para-hydroxylation sites is 1. The molecule has 0 aliphatic rings. The smallest absolute Gasteiger partial charge is 0.259 e. The van der Waals surface area contributed by atoms with Crippen LogP contribution < -0.4 is 5.56 Å². The molecule has 0 saturated carbocycles. The van der Waals surface area contributed by atoms with Crippen molar-refractivity contribution in [3.8, 4) is 11.4 Å². The van der Waals surface area contributed by atoms with Crippen LogP contribution in [0.2, 0.25) is 0 Å². The number of fused-ring (bicyclic) bond motifs is 1. The van der Waals surface area contributed by atoms with Gasteiger partial charge in [-0.3, -0.25) is 9.78 Å². The van der Waals surface area contributed by atoms with Gasteiger partial charge < -0.3 is 4.98 Å². The average molecular weight is 260 g/mol. The van der Waals surface area contributed by atoms with Gasteiger partial charge in [-0.15, -0.1) is 12.4 Å². The van der Waals surface area contributed by atoms with Gasteiger partial charge in [0.05, 0.1) is 10.9 Å². The number of rotatable bonds is 1. The lowest BCUT2D eigenvalue weighted by Gasteiger charge is -2.01. The SMILES string of the molecule is Cl.O=c1[nH]c(-c2cccnc2)nc2ccccc12. The molecular formula is C13H10ClN3O. The van der Waals surface area contributed by atoms with Crippen LogP contribution in [0.3, 0.4) is 0 Å². The van der Waals surface area contributed by atoms with Crippen LogP contribution in [-0.2, 0) is 0 Å². The van der Waals surface area contributed by atoms with Crippen LogP contribution in [0.1, 0.15) is 0 Å². The fourth-order valence-corrected chi connectivity index (χ4v) is 1.73. The summed E-state index contributed by atoms with van der Waals surface area (Å²) in [6.07, 6.45) is 3.36. The molecule has 3 rings (SSSR count). The second kappa shape index (κ2) is 4.98. The van der Waals surface area contributed by atoms with Crippen LogP contribution in [0.25, 0.3) is 22.3 Å². The van der Waals surface area contributed by atoms with Crippen LogP contribution in [0.5, 0.6) is 0 Å². The highest BCUT2D eigenvalue weighted by atomic mass is 35.5. The van der Waals surface area contributed by atoms with Gasteiger partial charge in [-0.1, -0.05) is 12.1 Å². The Hall–Kier alpha value is -2.20. The summed E-state index contributed by atoms with van der Waals surface area (Å²) in [5, 5.41) is 0.597. The number of benzene rings is 1. The van der Waals surface area contributed by atoms with Gasteiger partial charge in [0.25, 0.3) is 5.56 Å². The van der Waals surface area contributed by atoms with Crippen molar-refractivity contribution in [2.45, 2.75) is 0 Å². The summed E-state index contributed by atoms with van der Waals surface area (Å²) >= 11 is 0. The molecule has 0 radical (unpaired) electrons. The molecule has 18 heavy (non-hydrogen) atoms. The van der Waals surface area contributed by atoms with E-state index in [-0.39, 0.29) is 18.0 Å². The maximum Gasteiger partial charge on any atom is 0.259 e. The number of hydrogen-bond acceptors (Lipinski definition) is 3. The molecule has 90 valence electrons. The van der Waals surface area contributed by atoms with Crippen molar-refractivity contribution >= 4 is 23.3 Å². The third-order valence-corrected chi connectivity index (χ3v) is 2.55. The van der Waals surface area contributed by atoms with Crippen molar-refractivity contribution < 1.29 is 0 Å². The Bertz CT molecular complexity index is 725. The zero-order valence-electron chi connectivity index (χ0n) is 9.33. The van der Waals surface area contributed by atoms with Crippen LogP contribution in [0.4, 0.5) is 0 Å². The van der Waals surface area contributed by atoms with Crippen molar-refractivity contribution in [2.75, 3.05) is 0 Å². The molecule has 1 aromatic carbocycles. The summed E-state index contributed by atoms with van der Waals surface area (Å²) < 4.78 is 0. The van der Waals surface area contributed by atoms with E-state index in [9.17, 15) is 4.79 Å². The molecule has 0 atom stereocenters. The number of halogens is 1. The van der Waals surface area contributed by atoms with E-state index in [1.54, 1.807) is 18.5 Å². The van der Waals surface area contributed by atoms with Crippen molar-refractivity contribution in [3.05, 3.63) is 59.1 Å². The summed E-state index contributed by atoms with van der Waals surface area (Å²) in [6, 6.07) is 10.9. The van der Waals surface area contributed by atoms with E-state index in [1.165, 1.54) is 0 Å². The molecule has 0 aliphatic heterocycles. The molecule has 2 heterocycles. The maximum atomic E-state index is 11.9. The second-order valence-corrected chi connectivity index (χ2v) is 3.67. The van der Waals surface area contributed by atoms with E-state index in [4.69, 9.17) is 0 Å². The lowest BCUT2D eigenvalue weighted by Crippen LogP contribution is -2.09. The summed E-state index contributed by atoms with van der Waals surface area (Å²) in [4.78, 5) is 23.0. The molecule has 0 bridgehead atoms. The Morgan fingerprint density at radius 3 is 2.67 bits per heavy atom. The summed E-state index contributed by atoms with van der Waals surface area (Å²) in [6.45, 7) is 0. The molecule has 4 nitrogen and oxygen atoms in total. The number of hydrogen-bond donors (Lipinski definition) is 1. The average Bonchev–Trinajstić information content (AvgIpc) is 2.40. The Balaban J connectivity index is 0.00000120. The molecule has 0 fully saturated rings. The number of H-pyrrole nitrogens is 1. The van der Waals surface area contributed by atoms with Gasteiger partial charge in [0.15, 0.2) is 0 Å². The first-order valence-corrected chi connectivity index (χ1v) is 5.24. The zero-order valence-corrected chi connectivity index (χ0v) is 10.1. The molecule has 2 aromatic heterocycles. The van der Waals surface area contributed by atoms with E-state index >= 15 is 0 Å². The minimum absolute atomic E-state index is 0. The van der Waals surface area contributed by atoms with Gasteiger partial charge in [0, 0.05) is 18.0 Å². The van der Waals surface area contributed by atoms with Gasteiger partial charge in [0.1, 0.15) is 5.82 Å². The number of aromatic amines is 1. The minimum atomic E-state index is -0.130. The molecule has 0 unspecified atom stereocenters. The molecular weight excluding hydrogens is 250 g/mol. The van der Waals surface area contributed by atoms with Crippen molar-refractivity contribution in [1.82, 2.24) is 15.0 Å². The fourth-order valence-electron chi connectivity index (χ4n) is 1.73. The zero-order chi connectivity index (χ0) is 11.7. The molecule has 5 heteroatoms. The minimum Gasteiger partial charge on any atom is -0.306 e. The second-order valence-electron chi connectivity index (χ2n) is 3.67. The Morgan fingerprint density at radius 2 is 1.89 bits per heavy atom. The van der Waals surface area contributed by atoms with E-state index in [0.717, 1.165) is 5.56 Å². The molecule has 0 amide bonds. The van der Waals surface area contributed by atoms with Gasteiger partial charge in [-0.05, 0) is 24.3 Å². The predicted octanol–water partition coefficient (Wildman–Crippen LogP) is 2.41. The highest BCUT2D eigenvalue weighted by Crippen LogP contribution is 2.14. The van der Waals surface area contributed by atoms with Crippen LogP contribution >= 0.6 is 12.4 Å². The largest absolute Gasteiger partial charge is 0.306 e. The maximum absolute atomic E-state index is 11.9. The van der Waals surface area contributed by atoms with Crippen LogP contribution in [0.15, 0.2) is 53.6 Å². The lowest BCUT2D eigenvalue weighted by atomic mass is 10.2. The first kappa shape index (κ1) is 12.3. The molecule has 0 saturated heterocycles. The lowest BCUT2D eigenvalue weighted by molar-refractivity contribution is 1.17. The fraction of sp³-hybridized carbons (Fsp3) is 0. The summed E-state index contributed by atoms with van der Waals surface area (Å²) in [7, 11) is 0. The predicted molar refractivity (Wildman–Crippen MR) is 72.8 cm³/mol. The Kier molecular flexibility index (Phi) is 3.39. The number of nitrogens with zero attached hydrogens (tertiary/aromatic N) is 2. The van der Waals surface area contributed by atoms with Gasteiger partial charge in [0.2, 0.25) is 0 Å². The normalized spacial score (nSPS) is 10.0. The van der Waals surface area contributed by atoms with Crippen LogP contribution in [0, 0.1) is 0 Å². The summed E-state index contributed by atoms with van der Waals surface area (Å²) in [5.41, 5.74) is 1.36. The van der Waals surface area contributed by atoms with Gasteiger partial charge in [-0.25, -0.2) is 4.98 Å². The molecule has 3 aromatic rings. The standard InChI is InChI=1S/C13H9N3O.ClH/c17-13-10-5-1-2-6-11(10)15-12(16-13)9-4-3-7-14-8-9;/h1-8H,(H,15,16,17);1H. The van der Waals surface area contributed by atoms with Gasteiger partial charge in [-0.2, -0.15) is 0 Å². The van der Waals surface area contributed by atoms with Crippen LogP contribution in [-0.4, -0.2) is 15.0 Å². The van der Waals surface area contributed by atoms with Crippen molar-refractivity contribution in [2.24, 2.45) is 0 Å². The first-order chi connectivity index (χ1) is 8.34. The molecule has 1 N–H and O–H groups in total. The topological polar surface area (TPSA) is 58.6 Å². The molecule has 0 spiro atoms. The van der Waals surface area contributed by atoms with E-state index in [0.29, 0.717) is 16.7 Å². The van der Waals surface area contributed by atoms with E-state index in [2.05, 4.69) is 15.0 Å². The number of pyridine rings is 1. The van der Waals surface area contributed by atoms with Crippen molar-refractivity contribution in [3.63, 3.8) is 0 Å².